The zero-order valence-corrected chi connectivity index (χ0v) is 20.7. The number of aromatic nitrogens is 2. The number of hydrogen-bond donors (Lipinski definition) is 1. The maximum absolute atomic E-state index is 13.1. The topological polar surface area (TPSA) is 67.2 Å². The number of rotatable bonds is 6. The molecule has 7 heteroatoms. The van der Waals surface area contributed by atoms with Crippen LogP contribution in [0.25, 0.3) is 5.69 Å². The Kier molecular flexibility index (Phi) is 7.19. The summed E-state index contributed by atoms with van der Waals surface area (Å²) in [6.45, 7) is 9.96. The smallest absolute Gasteiger partial charge is 0.255 e. The summed E-state index contributed by atoms with van der Waals surface area (Å²) in [5, 5.41) is 7.69. The van der Waals surface area contributed by atoms with Crippen molar-refractivity contribution in [2.24, 2.45) is 0 Å². The summed E-state index contributed by atoms with van der Waals surface area (Å²) in [5.74, 6) is 0.0920. The van der Waals surface area contributed by atoms with Gasteiger partial charge in [-0.3, -0.25) is 9.59 Å². The van der Waals surface area contributed by atoms with Gasteiger partial charge in [-0.15, -0.1) is 0 Å². The number of nitrogens with zero attached hydrogens (tertiary/aromatic N) is 3. The highest BCUT2D eigenvalue weighted by Crippen LogP contribution is 2.26. The van der Waals surface area contributed by atoms with Crippen LogP contribution in [0.2, 0.25) is 0 Å². The molecular weight excluding hydrogens is 468 g/mol. The van der Waals surface area contributed by atoms with Crippen LogP contribution in [0.5, 0.6) is 0 Å². The first-order chi connectivity index (χ1) is 15.1. The molecule has 1 heterocycles. The third-order valence-corrected chi connectivity index (χ3v) is 5.74. The Bertz CT molecular complexity index is 1100. The zero-order chi connectivity index (χ0) is 23.5. The van der Waals surface area contributed by atoms with Crippen LogP contribution < -0.4 is 5.32 Å². The van der Waals surface area contributed by atoms with Gasteiger partial charge in [-0.1, -0.05) is 51.1 Å². The lowest BCUT2D eigenvalue weighted by Crippen LogP contribution is -2.42. The number of anilines is 1. The number of amides is 2. The number of para-hydroxylation sites is 1. The molecule has 0 aliphatic heterocycles. The van der Waals surface area contributed by atoms with E-state index in [-0.39, 0.29) is 29.8 Å². The number of benzene rings is 2. The average molecular weight is 497 g/mol. The van der Waals surface area contributed by atoms with Gasteiger partial charge in [-0.25, -0.2) is 4.68 Å². The molecule has 32 heavy (non-hydrogen) atoms. The van der Waals surface area contributed by atoms with E-state index < -0.39 is 0 Å². The van der Waals surface area contributed by atoms with Crippen molar-refractivity contribution >= 4 is 33.6 Å². The van der Waals surface area contributed by atoms with Gasteiger partial charge in [-0.05, 0) is 54.0 Å². The number of nitrogens with one attached hydrogen (secondary N) is 1. The molecule has 3 rings (SSSR count). The Morgan fingerprint density at radius 1 is 1.06 bits per heavy atom. The summed E-state index contributed by atoms with van der Waals surface area (Å²) in [5.41, 5.74) is 2.06. The predicted octanol–water partition coefficient (Wildman–Crippen LogP) is 5.42. The van der Waals surface area contributed by atoms with E-state index in [9.17, 15) is 9.59 Å². The van der Waals surface area contributed by atoms with Gasteiger partial charge >= 0.3 is 0 Å². The molecule has 3 aromatic rings. The third kappa shape index (κ3) is 5.46. The molecule has 0 aliphatic rings. The van der Waals surface area contributed by atoms with Crippen molar-refractivity contribution in [3.05, 3.63) is 76.4 Å². The van der Waals surface area contributed by atoms with E-state index >= 15 is 0 Å². The Morgan fingerprint density at radius 3 is 2.28 bits per heavy atom. The van der Waals surface area contributed by atoms with Gasteiger partial charge < -0.3 is 10.2 Å². The summed E-state index contributed by atoms with van der Waals surface area (Å²) >= 11 is 3.43. The second-order valence-electron chi connectivity index (χ2n) is 8.97. The monoisotopic (exact) mass is 496 g/mol. The van der Waals surface area contributed by atoms with Gasteiger partial charge in [-0.2, -0.15) is 5.10 Å². The molecule has 0 bridgehead atoms. The summed E-state index contributed by atoms with van der Waals surface area (Å²) < 4.78 is 2.43. The summed E-state index contributed by atoms with van der Waals surface area (Å²) in [4.78, 5) is 27.7. The lowest BCUT2D eigenvalue weighted by Gasteiger charge is -2.26. The van der Waals surface area contributed by atoms with Crippen LogP contribution in [0, 0.1) is 0 Å². The number of halogens is 1. The largest absolute Gasteiger partial charge is 0.327 e. The molecule has 0 saturated heterocycles. The van der Waals surface area contributed by atoms with Crippen molar-refractivity contribution < 1.29 is 9.59 Å². The van der Waals surface area contributed by atoms with Crippen LogP contribution in [0.3, 0.4) is 0 Å². The molecule has 0 fully saturated rings. The standard InChI is InChI=1S/C25H29BrN4O2/c1-17(2)29(24(32)19-13-9-10-14-20(19)26)16-23(31)27-22-15-21(25(3,4)5)28-30(22)18-11-7-6-8-12-18/h6-15,17H,16H2,1-5H3,(H,27,31). The minimum Gasteiger partial charge on any atom is -0.327 e. The number of hydrogen-bond acceptors (Lipinski definition) is 3. The van der Waals surface area contributed by atoms with Gasteiger partial charge in [0.2, 0.25) is 5.91 Å². The van der Waals surface area contributed by atoms with Crippen molar-refractivity contribution in [2.45, 2.75) is 46.1 Å². The van der Waals surface area contributed by atoms with E-state index in [1.54, 1.807) is 15.6 Å². The molecule has 168 valence electrons. The molecule has 6 nitrogen and oxygen atoms in total. The van der Waals surface area contributed by atoms with Crippen LogP contribution in [0.4, 0.5) is 5.82 Å². The van der Waals surface area contributed by atoms with Crippen molar-refractivity contribution in [1.29, 1.82) is 0 Å². The van der Waals surface area contributed by atoms with E-state index in [0.29, 0.717) is 15.9 Å². The first kappa shape index (κ1) is 23.7. The second kappa shape index (κ2) is 9.69. The van der Waals surface area contributed by atoms with Crippen molar-refractivity contribution in [3.63, 3.8) is 0 Å². The molecule has 0 radical (unpaired) electrons. The Morgan fingerprint density at radius 2 is 1.69 bits per heavy atom. The average Bonchev–Trinajstić information content (AvgIpc) is 3.16. The molecule has 0 spiro atoms. The first-order valence-electron chi connectivity index (χ1n) is 10.6. The second-order valence-corrected chi connectivity index (χ2v) is 9.82. The molecule has 0 unspecified atom stereocenters. The maximum atomic E-state index is 13.1. The van der Waals surface area contributed by atoms with Crippen LogP contribution in [-0.4, -0.2) is 39.1 Å². The molecule has 1 aromatic heterocycles. The predicted molar refractivity (Wildman–Crippen MR) is 131 cm³/mol. The van der Waals surface area contributed by atoms with Crippen molar-refractivity contribution in [1.82, 2.24) is 14.7 Å². The fourth-order valence-corrected chi connectivity index (χ4v) is 3.67. The fourth-order valence-electron chi connectivity index (χ4n) is 3.22. The van der Waals surface area contributed by atoms with Gasteiger partial charge in [0.15, 0.2) is 0 Å². The van der Waals surface area contributed by atoms with Crippen LogP contribution in [0.15, 0.2) is 65.1 Å². The Balaban J connectivity index is 1.86. The third-order valence-electron chi connectivity index (χ3n) is 5.05. The van der Waals surface area contributed by atoms with E-state index in [1.165, 1.54) is 0 Å². The highest BCUT2D eigenvalue weighted by atomic mass is 79.9. The highest BCUT2D eigenvalue weighted by Gasteiger charge is 2.25. The number of carbonyl (C=O) groups is 2. The van der Waals surface area contributed by atoms with E-state index in [1.807, 2.05) is 68.4 Å². The van der Waals surface area contributed by atoms with Crippen LogP contribution in [-0.2, 0) is 10.2 Å². The summed E-state index contributed by atoms with van der Waals surface area (Å²) in [6, 6.07) is 18.6. The van der Waals surface area contributed by atoms with Crippen LogP contribution >= 0.6 is 15.9 Å². The van der Waals surface area contributed by atoms with E-state index in [2.05, 4.69) is 42.0 Å². The van der Waals surface area contributed by atoms with E-state index in [4.69, 9.17) is 5.10 Å². The lowest BCUT2D eigenvalue weighted by molar-refractivity contribution is -0.117. The summed E-state index contributed by atoms with van der Waals surface area (Å²) in [7, 11) is 0. The minimum atomic E-state index is -0.281. The molecule has 2 aromatic carbocycles. The Hall–Kier alpha value is -2.93. The lowest BCUT2D eigenvalue weighted by atomic mass is 9.92. The first-order valence-corrected chi connectivity index (χ1v) is 11.4. The highest BCUT2D eigenvalue weighted by molar-refractivity contribution is 9.10. The van der Waals surface area contributed by atoms with Gasteiger partial charge in [0.1, 0.15) is 12.4 Å². The molecule has 1 N–H and O–H groups in total. The van der Waals surface area contributed by atoms with Gasteiger partial charge in [0, 0.05) is 22.0 Å². The quantitative estimate of drug-likeness (QED) is 0.495. The molecule has 0 atom stereocenters. The maximum Gasteiger partial charge on any atom is 0.255 e. The zero-order valence-electron chi connectivity index (χ0n) is 19.1. The van der Waals surface area contributed by atoms with Crippen molar-refractivity contribution in [2.75, 3.05) is 11.9 Å². The SMILES string of the molecule is CC(C)N(CC(=O)Nc1cc(C(C)(C)C)nn1-c1ccccc1)C(=O)c1ccccc1Br. The molecule has 0 saturated carbocycles. The van der Waals surface area contributed by atoms with E-state index in [0.717, 1.165) is 11.4 Å². The minimum absolute atomic E-state index is 0.0668. The van der Waals surface area contributed by atoms with Gasteiger partial charge in [0.25, 0.3) is 5.91 Å². The fraction of sp³-hybridized carbons (Fsp3) is 0.320. The molecular formula is C25H29BrN4O2. The Labute approximate surface area is 197 Å². The summed E-state index contributed by atoms with van der Waals surface area (Å²) in [6.07, 6.45) is 0. The van der Waals surface area contributed by atoms with Gasteiger partial charge in [0.05, 0.1) is 16.9 Å². The number of carbonyl (C=O) groups excluding carboxylic acids is 2. The van der Waals surface area contributed by atoms with Crippen LogP contribution in [0.1, 0.15) is 50.7 Å². The molecule has 0 aliphatic carbocycles. The normalized spacial score (nSPS) is 11.5. The molecule has 2 amide bonds. The van der Waals surface area contributed by atoms with Crippen molar-refractivity contribution in [3.8, 4) is 5.69 Å².